The molecular formula is C15H22O3Si. The molecule has 0 heterocycles. The largest absolute Gasteiger partial charge is 0.497 e. The van der Waals surface area contributed by atoms with Crippen molar-refractivity contribution in [2.45, 2.75) is 32.7 Å². The van der Waals surface area contributed by atoms with Crippen LogP contribution in [0, 0.1) is 0 Å². The number of benzene rings is 1. The van der Waals surface area contributed by atoms with Crippen LogP contribution in [0.3, 0.4) is 0 Å². The molecule has 3 nitrogen and oxygen atoms in total. The molecule has 1 aromatic carbocycles. The first-order valence-corrected chi connectivity index (χ1v) is 9.90. The van der Waals surface area contributed by atoms with Gasteiger partial charge >= 0.3 is 5.97 Å². The van der Waals surface area contributed by atoms with E-state index in [0.717, 1.165) is 11.3 Å². The third-order valence-electron chi connectivity index (χ3n) is 2.51. The van der Waals surface area contributed by atoms with Gasteiger partial charge in [-0.2, -0.15) is 0 Å². The van der Waals surface area contributed by atoms with Gasteiger partial charge in [0.15, 0.2) is 0 Å². The van der Waals surface area contributed by atoms with E-state index in [9.17, 15) is 4.79 Å². The van der Waals surface area contributed by atoms with E-state index in [2.05, 4.69) is 25.3 Å². The molecule has 1 atom stereocenters. The highest BCUT2D eigenvalue weighted by molar-refractivity contribution is 6.80. The minimum Gasteiger partial charge on any atom is -0.497 e. The number of ether oxygens (including phenoxy) is 2. The molecule has 0 aliphatic carbocycles. The average Bonchev–Trinajstić information content (AvgIpc) is 2.33. The van der Waals surface area contributed by atoms with Crippen LogP contribution >= 0.6 is 0 Å². The van der Waals surface area contributed by atoms with Crippen molar-refractivity contribution in [3.63, 3.8) is 0 Å². The fourth-order valence-corrected chi connectivity index (χ4v) is 2.32. The van der Waals surface area contributed by atoms with Gasteiger partial charge in [0.1, 0.15) is 11.9 Å². The first-order chi connectivity index (χ1) is 8.81. The van der Waals surface area contributed by atoms with Crippen LogP contribution in [-0.2, 0) is 9.53 Å². The minimum atomic E-state index is -1.32. The van der Waals surface area contributed by atoms with E-state index in [-0.39, 0.29) is 12.1 Å². The Morgan fingerprint density at radius 1 is 1.21 bits per heavy atom. The lowest BCUT2D eigenvalue weighted by Gasteiger charge is -2.16. The van der Waals surface area contributed by atoms with Crippen molar-refractivity contribution in [1.82, 2.24) is 0 Å². The van der Waals surface area contributed by atoms with Gasteiger partial charge in [-0.15, -0.1) is 0 Å². The summed E-state index contributed by atoms with van der Waals surface area (Å²) in [4.78, 5) is 11.2. The smallest absolute Gasteiger partial charge is 0.303 e. The van der Waals surface area contributed by atoms with Crippen molar-refractivity contribution in [3.05, 3.63) is 41.6 Å². The van der Waals surface area contributed by atoms with Crippen LogP contribution in [0.5, 0.6) is 5.75 Å². The van der Waals surface area contributed by atoms with Crippen LogP contribution in [0.1, 0.15) is 18.6 Å². The molecule has 0 aromatic heterocycles. The quantitative estimate of drug-likeness (QED) is 0.608. The predicted octanol–water partition coefficient (Wildman–Crippen LogP) is 3.73. The molecule has 0 aliphatic rings. The number of carbonyl (C=O) groups excluding carboxylic acids is 1. The van der Waals surface area contributed by atoms with Gasteiger partial charge in [-0.3, -0.25) is 4.79 Å². The molecule has 0 N–H and O–H groups in total. The summed E-state index contributed by atoms with van der Waals surface area (Å²) in [6.45, 7) is 8.14. The van der Waals surface area contributed by atoms with E-state index in [0.29, 0.717) is 0 Å². The summed E-state index contributed by atoms with van der Waals surface area (Å²) in [6, 6.07) is 7.57. The van der Waals surface area contributed by atoms with Crippen LogP contribution in [0.25, 0.3) is 0 Å². The van der Waals surface area contributed by atoms with Crippen molar-refractivity contribution in [1.29, 1.82) is 0 Å². The minimum absolute atomic E-state index is 0.277. The molecule has 0 radical (unpaired) electrons. The molecule has 4 heteroatoms. The van der Waals surface area contributed by atoms with Crippen LogP contribution < -0.4 is 4.74 Å². The van der Waals surface area contributed by atoms with Gasteiger partial charge in [0.2, 0.25) is 0 Å². The molecule has 0 fully saturated rings. The maximum Gasteiger partial charge on any atom is 0.303 e. The van der Waals surface area contributed by atoms with E-state index in [1.165, 1.54) is 6.92 Å². The first kappa shape index (κ1) is 15.5. The topological polar surface area (TPSA) is 35.5 Å². The average molecular weight is 278 g/mol. The molecular weight excluding hydrogens is 256 g/mol. The van der Waals surface area contributed by atoms with E-state index in [1.807, 2.05) is 30.3 Å². The molecule has 0 bridgehead atoms. The van der Waals surface area contributed by atoms with Gasteiger partial charge < -0.3 is 9.47 Å². The number of carbonyl (C=O) groups is 1. The molecule has 0 spiro atoms. The highest BCUT2D eigenvalue weighted by Crippen LogP contribution is 2.23. The Kier molecular flexibility index (Phi) is 5.36. The standard InChI is InChI=1S/C15H22O3Si/c1-12(16)18-15(10-11-19(3,4)5)13-6-8-14(17-2)9-7-13/h6-11,15H,1-5H3/b11-10+. The maximum atomic E-state index is 11.2. The summed E-state index contributed by atoms with van der Waals surface area (Å²) >= 11 is 0. The summed E-state index contributed by atoms with van der Waals surface area (Å²) < 4.78 is 10.5. The monoisotopic (exact) mass is 278 g/mol. The molecule has 19 heavy (non-hydrogen) atoms. The molecule has 1 aromatic rings. The zero-order valence-corrected chi connectivity index (χ0v) is 13.3. The zero-order chi connectivity index (χ0) is 14.5. The van der Waals surface area contributed by atoms with Gasteiger partial charge in [-0.05, 0) is 23.8 Å². The number of esters is 1. The van der Waals surface area contributed by atoms with E-state index < -0.39 is 8.07 Å². The zero-order valence-electron chi connectivity index (χ0n) is 12.3. The second-order valence-corrected chi connectivity index (χ2v) is 10.6. The Labute approximate surface area is 116 Å². The summed E-state index contributed by atoms with van der Waals surface area (Å²) in [5.41, 5.74) is 3.13. The molecule has 1 unspecified atom stereocenters. The second-order valence-electron chi connectivity index (χ2n) is 5.53. The lowest BCUT2D eigenvalue weighted by atomic mass is 10.1. The first-order valence-electron chi connectivity index (χ1n) is 6.32. The van der Waals surface area contributed by atoms with Crippen molar-refractivity contribution < 1.29 is 14.3 Å². The van der Waals surface area contributed by atoms with Gasteiger partial charge in [0.25, 0.3) is 0 Å². The molecule has 1 rings (SSSR count). The lowest BCUT2D eigenvalue weighted by Crippen LogP contribution is -2.17. The number of hydrogen-bond donors (Lipinski definition) is 0. The molecule has 0 aliphatic heterocycles. The summed E-state index contributed by atoms with van der Waals surface area (Å²) in [5, 5.41) is 0. The van der Waals surface area contributed by atoms with Crippen LogP contribution in [0.4, 0.5) is 0 Å². The SMILES string of the molecule is COc1ccc(C(/C=C/[Si](C)(C)C)OC(C)=O)cc1. The van der Waals surface area contributed by atoms with E-state index in [4.69, 9.17) is 9.47 Å². The number of rotatable bonds is 5. The third-order valence-corrected chi connectivity index (χ3v) is 3.70. The van der Waals surface area contributed by atoms with Gasteiger partial charge in [-0.25, -0.2) is 0 Å². The number of hydrogen-bond acceptors (Lipinski definition) is 3. The maximum absolute atomic E-state index is 11.2. The van der Waals surface area contributed by atoms with Gasteiger partial charge in [0.05, 0.1) is 15.2 Å². The molecule has 104 valence electrons. The predicted molar refractivity (Wildman–Crippen MR) is 80.0 cm³/mol. The number of methoxy groups -OCH3 is 1. The summed E-state index contributed by atoms with van der Waals surface area (Å²) in [5.74, 6) is 0.514. The van der Waals surface area contributed by atoms with Crippen molar-refractivity contribution in [2.75, 3.05) is 7.11 Å². The Bertz CT molecular complexity index is 443. The third kappa shape index (κ3) is 5.74. The highest BCUT2D eigenvalue weighted by Gasteiger charge is 2.14. The Balaban J connectivity index is 2.95. The van der Waals surface area contributed by atoms with E-state index >= 15 is 0 Å². The fraction of sp³-hybridized carbons (Fsp3) is 0.400. The van der Waals surface area contributed by atoms with E-state index in [1.54, 1.807) is 7.11 Å². The van der Waals surface area contributed by atoms with Crippen LogP contribution in [0.15, 0.2) is 36.0 Å². The second kappa shape index (κ2) is 6.57. The Morgan fingerprint density at radius 3 is 2.21 bits per heavy atom. The summed E-state index contributed by atoms with van der Waals surface area (Å²) in [7, 11) is 0.310. The van der Waals surface area contributed by atoms with Gasteiger partial charge in [0, 0.05) is 6.92 Å². The van der Waals surface area contributed by atoms with Crippen molar-refractivity contribution in [3.8, 4) is 5.75 Å². The molecule has 0 saturated carbocycles. The summed E-state index contributed by atoms with van der Waals surface area (Å²) in [6.07, 6.45) is 1.66. The normalized spacial score (nSPS) is 13.3. The highest BCUT2D eigenvalue weighted by atomic mass is 28.3. The molecule has 0 amide bonds. The fourth-order valence-electron chi connectivity index (χ4n) is 1.57. The Morgan fingerprint density at radius 2 is 1.79 bits per heavy atom. The van der Waals surface area contributed by atoms with Crippen molar-refractivity contribution in [2.24, 2.45) is 0 Å². The lowest BCUT2D eigenvalue weighted by molar-refractivity contribution is -0.144. The van der Waals surface area contributed by atoms with Crippen molar-refractivity contribution >= 4 is 14.0 Å². The molecule has 0 saturated heterocycles. The van der Waals surface area contributed by atoms with Crippen LogP contribution in [-0.4, -0.2) is 21.2 Å². The Hall–Kier alpha value is -1.55. The van der Waals surface area contributed by atoms with Crippen LogP contribution in [0.2, 0.25) is 19.6 Å². The van der Waals surface area contributed by atoms with Gasteiger partial charge in [-0.1, -0.05) is 37.5 Å².